The fourth-order valence-corrected chi connectivity index (χ4v) is 1.36. The molecule has 0 aliphatic carbocycles. The average Bonchev–Trinajstić information content (AvgIpc) is 2.16. The van der Waals surface area contributed by atoms with Gasteiger partial charge >= 0.3 is 5.97 Å². The van der Waals surface area contributed by atoms with Crippen LogP contribution in [-0.2, 0) is 11.3 Å². The number of nitrogens with zero attached hydrogens (tertiary/aromatic N) is 1. The van der Waals surface area contributed by atoms with Gasteiger partial charge in [-0.25, -0.2) is 0 Å². The molecule has 0 amide bonds. The number of hydrogen-bond donors (Lipinski definition) is 1. The Labute approximate surface area is 88.1 Å². The summed E-state index contributed by atoms with van der Waals surface area (Å²) < 4.78 is 0. The summed E-state index contributed by atoms with van der Waals surface area (Å²) in [5.41, 5.74) is 1.54. The van der Waals surface area contributed by atoms with Crippen molar-refractivity contribution in [1.82, 2.24) is 4.90 Å². The minimum Gasteiger partial charge on any atom is -0.480 e. The van der Waals surface area contributed by atoms with E-state index in [4.69, 9.17) is 5.11 Å². The second kappa shape index (κ2) is 5.26. The number of likely N-dealkylation sites (N-methyl/N-ethyl adjacent to an activating group) is 1. The van der Waals surface area contributed by atoms with E-state index in [2.05, 4.69) is 0 Å². The maximum atomic E-state index is 10.5. The van der Waals surface area contributed by atoms with E-state index >= 15 is 0 Å². The number of benzene rings is 1. The molecule has 0 heterocycles. The highest BCUT2D eigenvalue weighted by molar-refractivity contribution is 5.74. The van der Waals surface area contributed by atoms with Crippen molar-refractivity contribution in [2.45, 2.75) is 6.54 Å². The number of carboxylic acid groups (broad SMARTS) is 1. The SMILES string of the molecule is CN(CC(=O)O)Cc1cccc(C=O)c1. The Morgan fingerprint density at radius 2 is 2.27 bits per heavy atom. The first kappa shape index (κ1) is 11.4. The van der Waals surface area contributed by atoms with E-state index in [0.29, 0.717) is 12.1 Å². The zero-order chi connectivity index (χ0) is 11.3. The van der Waals surface area contributed by atoms with E-state index in [1.165, 1.54) is 0 Å². The lowest BCUT2D eigenvalue weighted by molar-refractivity contribution is -0.138. The molecule has 80 valence electrons. The van der Waals surface area contributed by atoms with Gasteiger partial charge in [-0.05, 0) is 18.7 Å². The van der Waals surface area contributed by atoms with Gasteiger partial charge in [-0.15, -0.1) is 0 Å². The lowest BCUT2D eigenvalue weighted by Gasteiger charge is -2.13. The van der Waals surface area contributed by atoms with E-state index < -0.39 is 5.97 Å². The fourth-order valence-electron chi connectivity index (χ4n) is 1.36. The van der Waals surface area contributed by atoms with Gasteiger partial charge in [0.2, 0.25) is 0 Å². The molecule has 0 aliphatic rings. The predicted molar refractivity (Wildman–Crippen MR) is 55.8 cm³/mol. The lowest BCUT2D eigenvalue weighted by atomic mass is 10.1. The van der Waals surface area contributed by atoms with Crippen molar-refractivity contribution in [3.63, 3.8) is 0 Å². The van der Waals surface area contributed by atoms with Gasteiger partial charge in [0.15, 0.2) is 0 Å². The number of aliphatic carboxylic acids is 1. The predicted octanol–water partition coefficient (Wildman–Crippen LogP) is 1.02. The van der Waals surface area contributed by atoms with Crippen molar-refractivity contribution < 1.29 is 14.7 Å². The van der Waals surface area contributed by atoms with Gasteiger partial charge in [0, 0.05) is 12.1 Å². The highest BCUT2D eigenvalue weighted by Gasteiger charge is 2.05. The largest absolute Gasteiger partial charge is 0.480 e. The Balaban J connectivity index is 2.63. The number of carboxylic acids is 1. The summed E-state index contributed by atoms with van der Waals surface area (Å²) in [6.45, 7) is 0.513. The van der Waals surface area contributed by atoms with Crippen LogP contribution in [-0.4, -0.2) is 35.9 Å². The lowest BCUT2D eigenvalue weighted by Crippen LogP contribution is -2.25. The molecule has 4 nitrogen and oxygen atoms in total. The van der Waals surface area contributed by atoms with Gasteiger partial charge in [0.05, 0.1) is 6.54 Å². The number of carbonyl (C=O) groups excluding carboxylic acids is 1. The molecule has 0 bridgehead atoms. The summed E-state index contributed by atoms with van der Waals surface area (Å²) in [5, 5.41) is 8.56. The van der Waals surface area contributed by atoms with E-state index in [1.807, 2.05) is 6.07 Å². The summed E-state index contributed by atoms with van der Waals surface area (Å²) in [6.07, 6.45) is 0.778. The molecule has 0 saturated heterocycles. The van der Waals surface area contributed by atoms with Crippen molar-refractivity contribution in [2.75, 3.05) is 13.6 Å². The van der Waals surface area contributed by atoms with Crippen LogP contribution in [0.4, 0.5) is 0 Å². The molecule has 1 rings (SSSR count). The fraction of sp³-hybridized carbons (Fsp3) is 0.273. The molecule has 0 aliphatic heterocycles. The van der Waals surface area contributed by atoms with Crippen molar-refractivity contribution in [3.05, 3.63) is 35.4 Å². The molecule has 0 atom stereocenters. The molecule has 15 heavy (non-hydrogen) atoms. The quantitative estimate of drug-likeness (QED) is 0.732. The zero-order valence-electron chi connectivity index (χ0n) is 8.51. The molecule has 4 heteroatoms. The third-order valence-corrected chi connectivity index (χ3v) is 1.94. The molecule has 0 fully saturated rings. The topological polar surface area (TPSA) is 57.6 Å². The van der Waals surface area contributed by atoms with E-state index in [-0.39, 0.29) is 6.54 Å². The highest BCUT2D eigenvalue weighted by atomic mass is 16.4. The Hall–Kier alpha value is -1.68. The van der Waals surface area contributed by atoms with Crippen LogP contribution in [0.2, 0.25) is 0 Å². The van der Waals surface area contributed by atoms with E-state index in [1.54, 1.807) is 30.1 Å². The maximum absolute atomic E-state index is 10.5. The van der Waals surface area contributed by atoms with Crippen LogP contribution < -0.4 is 0 Å². The van der Waals surface area contributed by atoms with Gasteiger partial charge in [-0.2, -0.15) is 0 Å². The van der Waals surface area contributed by atoms with Crippen LogP contribution in [0, 0.1) is 0 Å². The summed E-state index contributed by atoms with van der Waals surface area (Å²) >= 11 is 0. The van der Waals surface area contributed by atoms with Gasteiger partial charge < -0.3 is 5.11 Å². The molecule has 0 spiro atoms. The van der Waals surface area contributed by atoms with Crippen molar-refractivity contribution in [2.24, 2.45) is 0 Å². The molecule has 1 N–H and O–H groups in total. The average molecular weight is 207 g/mol. The van der Waals surface area contributed by atoms with Crippen LogP contribution in [0.5, 0.6) is 0 Å². The van der Waals surface area contributed by atoms with Crippen molar-refractivity contribution in [1.29, 1.82) is 0 Å². The van der Waals surface area contributed by atoms with E-state index in [9.17, 15) is 9.59 Å². The first-order chi connectivity index (χ1) is 7.11. The molecule has 0 aromatic heterocycles. The minimum atomic E-state index is -0.857. The zero-order valence-corrected chi connectivity index (χ0v) is 8.51. The number of carbonyl (C=O) groups is 2. The maximum Gasteiger partial charge on any atom is 0.317 e. The van der Waals surface area contributed by atoms with Gasteiger partial charge in [0.25, 0.3) is 0 Å². The van der Waals surface area contributed by atoms with Gasteiger partial charge in [0.1, 0.15) is 6.29 Å². The van der Waals surface area contributed by atoms with Gasteiger partial charge in [-0.3, -0.25) is 14.5 Å². The number of rotatable bonds is 5. The molecule has 0 unspecified atom stereocenters. The number of hydrogen-bond acceptors (Lipinski definition) is 3. The first-order valence-corrected chi connectivity index (χ1v) is 4.56. The Kier molecular flexibility index (Phi) is 4.00. The van der Waals surface area contributed by atoms with Crippen LogP contribution in [0.3, 0.4) is 0 Å². The smallest absolute Gasteiger partial charge is 0.317 e. The summed E-state index contributed by atoms with van der Waals surface area (Å²) in [4.78, 5) is 22.6. The Morgan fingerprint density at radius 1 is 1.53 bits per heavy atom. The molecule has 0 saturated carbocycles. The molecular formula is C11H13NO3. The molecule has 1 aromatic rings. The normalized spacial score (nSPS) is 10.3. The summed E-state index contributed by atoms with van der Waals surface area (Å²) in [7, 11) is 1.72. The van der Waals surface area contributed by atoms with Crippen LogP contribution in [0.1, 0.15) is 15.9 Å². The monoisotopic (exact) mass is 207 g/mol. The molecule has 0 radical (unpaired) electrons. The Morgan fingerprint density at radius 3 is 2.87 bits per heavy atom. The minimum absolute atomic E-state index is 0.00861. The second-order valence-electron chi connectivity index (χ2n) is 3.43. The van der Waals surface area contributed by atoms with Crippen LogP contribution in [0.25, 0.3) is 0 Å². The van der Waals surface area contributed by atoms with Crippen LogP contribution >= 0.6 is 0 Å². The standard InChI is InChI=1S/C11H13NO3/c1-12(7-11(14)15)6-9-3-2-4-10(5-9)8-13/h2-5,8H,6-7H2,1H3,(H,14,15). The summed E-state index contributed by atoms with van der Waals surface area (Å²) in [5.74, 6) is -0.857. The van der Waals surface area contributed by atoms with Crippen molar-refractivity contribution >= 4 is 12.3 Å². The molecular weight excluding hydrogens is 194 g/mol. The highest BCUT2D eigenvalue weighted by Crippen LogP contribution is 2.05. The third kappa shape index (κ3) is 3.91. The Bertz CT molecular complexity index is 363. The third-order valence-electron chi connectivity index (χ3n) is 1.94. The van der Waals surface area contributed by atoms with Crippen LogP contribution in [0.15, 0.2) is 24.3 Å². The second-order valence-corrected chi connectivity index (χ2v) is 3.43. The van der Waals surface area contributed by atoms with Crippen molar-refractivity contribution in [3.8, 4) is 0 Å². The first-order valence-electron chi connectivity index (χ1n) is 4.56. The van der Waals surface area contributed by atoms with E-state index in [0.717, 1.165) is 11.8 Å². The summed E-state index contributed by atoms with van der Waals surface area (Å²) in [6, 6.07) is 7.12. The van der Waals surface area contributed by atoms with Gasteiger partial charge in [-0.1, -0.05) is 18.2 Å². The number of aldehydes is 1. The molecule has 1 aromatic carbocycles.